The van der Waals surface area contributed by atoms with Gasteiger partial charge in [-0.1, -0.05) is 59.3 Å². The summed E-state index contributed by atoms with van der Waals surface area (Å²) >= 11 is 0. The Bertz CT molecular complexity index is 2010. The molecule has 0 spiro atoms. The van der Waals surface area contributed by atoms with Crippen molar-refractivity contribution in [1.29, 1.82) is 0 Å². The maximum Gasteiger partial charge on any atom is 0.373 e. The van der Waals surface area contributed by atoms with Gasteiger partial charge in [0.2, 0.25) is 0 Å². The first-order chi connectivity index (χ1) is 32.8. The molecular formula is C51H74N4O14. The van der Waals surface area contributed by atoms with Crippen molar-refractivity contribution in [3.63, 3.8) is 0 Å². The molecule has 0 saturated heterocycles. The fraction of sp³-hybridized carbons (Fsp3) is 0.647. The van der Waals surface area contributed by atoms with Crippen LogP contribution < -0.4 is 14.4 Å². The summed E-state index contributed by atoms with van der Waals surface area (Å²) in [5, 5.41) is 11.7. The number of fused-ring (bicyclic) bond motifs is 1. The van der Waals surface area contributed by atoms with E-state index in [9.17, 15) is 24.5 Å². The minimum Gasteiger partial charge on any atom is -0.481 e. The molecule has 2 aliphatic carbocycles. The second-order valence-electron chi connectivity index (χ2n) is 18.2. The topological polar surface area (TPSA) is 234 Å². The zero-order chi connectivity index (χ0) is 52.3. The number of benzene rings is 2. The zero-order valence-electron chi connectivity index (χ0n) is 42.3. The maximum absolute atomic E-state index is 13.6. The standard InChI is InChI=1S/C26H40N2O4.C22H34N2O4.3CO2/c1-6-26(4)25(30)27(16-10-11-17-31-5)22-18-20(14-15-23(22)32-26)24(29)28(19(2)3)21-12-8-7-9-13-21;1-6-22(5,7-2)28-20-14-13-17(15-19(20)24(26)27)21(25)23(16(3)4)18-11-9-8-10-12-18;3*2-1-3/h14-15,18-19,21H,6-13,16-17H2,1-5H3;13-16,18H,6-12H2,1-5H3;;;. The number of methoxy groups -OCH3 is 1. The lowest BCUT2D eigenvalue weighted by atomic mass is 9.92. The normalized spacial score (nSPS) is 16.6. The van der Waals surface area contributed by atoms with Crippen molar-refractivity contribution in [2.75, 3.05) is 25.2 Å². The van der Waals surface area contributed by atoms with E-state index in [0.29, 0.717) is 48.2 Å². The van der Waals surface area contributed by atoms with E-state index in [1.807, 2.05) is 81.4 Å². The molecule has 2 aromatic rings. The van der Waals surface area contributed by atoms with Gasteiger partial charge in [0.05, 0.1) is 10.6 Å². The quantitative estimate of drug-likeness (QED) is 0.0817. The molecule has 382 valence electrons. The summed E-state index contributed by atoms with van der Waals surface area (Å²) in [7, 11) is 1.69. The van der Waals surface area contributed by atoms with Crippen LogP contribution >= 0.6 is 0 Å². The SMILES string of the molecule is CCC(C)(CC)Oc1ccc(C(=O)N(C(C)C)C2CCCCC2)cc1[N+](=O)[O-].CCC1(C)Oc2ccc(C(=O)N(C(C)C)C3CCCCC3)cc2N(CCCCOC)C1=O.O=C=O.O=C=O.O=C=O. The number of carbonyl (C=O) groups is 3. The number of amides is 3. The average molecular weight is 967 g/mol. The van der Waals surface area contributed by atoms with Gasteiger partial charge in [-0.2, -0.15) is 28.8 Å². The second-order valence-corrected chi connectivity index (χ2v) is 18.2. The molecule has 18 nitrogen and oxygen atoms in total. The molecule has 1 atom stereocenters. The first kappa shape index (κ1) is 61.0. The number of carbonyl (C=O) groups excluding carboxylic acids is 9. The van der Waals surface area contributed by atoms with Crippen molar-refractivity contribution in [2.24, 2.45) is 0 Å². The zero-order valence-corrected chi connectivity index (χ0v) is 42.3. The number of nitro benzene ring substituents is 1. The molecule has 1 unspecified atom stereocenters. The van der Waals surface area contributed by atoms with E-state index in [2.05, 4.69) is 13.8 Å². The lowest BCUT2D eigenvalue weighted by Gasteiger charge is -2.41. The van der Waals surface area contributed by atoms with E-state index >= 15 is 0 Å². The third-order valence-electron chi connectivity index (χ3n) is 13.0. The number of hydrogen-bond acceptors (Lipinski definition) is 14. The first-order valence-electron chi connectivity index (χ1n) is 24.0. The molecule has 2 saturated carbocycles. The van der Waals surface area contributed by atoms with Crippen molar-refractivity contribution in [3.05, 3.63) is 57.6 Å². The Labute approximate surface area is 406 Å². The Morgan fingerprint density at radius 3 is 1.65 bits per heavy atom. The Balaban J connectivity index is 0.000000592. The predicted molar refractivity (Wildman–Crippen MR) is 253 cm³/mol. The molecule has 0 radical (unpaired) electrons. The van der Waals surface area contributed by atoms with E-state index in [1.54, 1.807) is 19.2 Å². The van der Waals surface area contributed by atoms with Gasteiger partial charge >= 0.3 is 24.1 Å². The highest BCUT2D eigenvalue weighted by atomic mass is 16.6. The van der Waals surface area contributed by atoms with Crippen LogP contribution in [0, 0.1) is 10.1 Å². The van der Waals surface area contributed by atoms with Crippen molar-refractivity contribution in [1.82, 2.24) is 9.80 Å². The summed E-state index contributed by atoms with van der Waals surface area (Å²) < 4.78 is 17.3. The number of anilines is 1. The van der Waals surface area contributed by atoms with Gasteiger partial charge in [0.1, 0.15) is 11.4 Å². The maximum atomic E-state index is 13.6. The van der Waals surface area contributed by atoms with E-state index in [4.69, 9.17) is 43.0 Å². The van der Waals surface area contributed by atoms with Gasteiger partial charge in [0.25, 0.3) is 17.7 Å². The van der Waals surface area contributed by atoms with Crippen molar-refractivity contribution < 1.29 is 62.3 Å². The van der Waals surface area contributed by atoms with Gasteiger partial charge < -0.3 is 28.9 Å². The Morgan fingerprint density at radius 2 is 1.25 bits per heavy atom. The van der Waals surface area contributed by atoms with Crippen LogP contribution in [-0.2, 0) is 38.3 Å². The van der Waals surface area contributed by atoms with Gasteiger partial charge in [-0.05, 0) is 130 Å². The molecule has 2 fully saturated rings. The summed E-state index contributed by atoms with van der Waals surface area (Å²) in [6, 6.07) is 10.9. The minimum absolute atomic E-state index is 0.0393. The molecular weight excluding hydrogens is 893 g/mol. The smallest absolute Gasteiger partial charge is 0.373 e. The molecule has 18 heteroatoms. The molecule has 1 aliphatic heterocycles. The van der Waals surface area contributed by atoms with E-state index in [0.717, 1.165) is 64.2 Å². The number of unbranched alkanes of at least 4 members (excludes halogenated alkanes) is 1. The monoisotopic (exact) mass is 967 g/mol. The van der Waals surface area contributed by atoms with Crippen LogP contribution in [0.15, 0.2) is 36.4 Å². The van der Waals surface area contributed by atoms with Crippen LogP contribution in [0.3, 0.4) is 0 Å². The summed E-state index contributed by atoms with van der Waals surface area (Å²) in [6.07, 6.45) is 15.7. The molecule has 0 aromatic heterocycles. The Morgan fingerprint density at radius 1 is 0.797 bits per heavy atom. The number of ether oxygens (including phenoxy) is 3. The molecule has 3 amide bonds. The van der Waals surface area contributed by atoms with Gasteiger partial charge in [-0.15, -0.1) is 0 Å². The number of nitrogens with zero attached hydrogens (tertiary/aromatic N) is 4. The summed E-state index contributed by atoms with van der Waals surface area (Å²) in [5.74, 6) is 0.769. The third-order valence-corrected chi connectivity index (χ3v) is 13.0. The lowest BCUT2D eigenvalue weighted by Crippen LogP contribution is -2.54. The Hall–Kier alpha value is -6.05. The van der Waals surface area contributed by atoms with Crippen LogP contribution in [0.25, 0.3) is 0 Å². The number of hydrogen-bond donors (Lipinski definition) is 0. The van der Waals surface area contributed by atoms with Gasteiger partial charge in [-0.25, -0.2) is 0 Å². The molecule has 0 bridgehead atoms. The fourth-order valence-electron chi connectivity index (χ4n) is 8.79. The lowest BCUT2D eigenvalue weighted by molar-refractivity contribution is -0.386. The number of nitro groups is 1. The molecule has 5 rings (SSSR count). The average Bonchev–Trinajstić information content (AvgIpc) is 3.33. The second kappa shape index (κ2) is 31.2. The van der Waals surface area contributed by atoms with E-state index in [1.165, 1.54) is 31.7 Å². The largest absolute Gasteiger partial charge is 0.481 e. The molecule has 0 N–H and O–H groups in total. The van der Waals surface area contributed by atoms with Gasteiger partial charge in [0.15, 0.2) is 11.4 Å². The summed E-state index contributed by atoms with van der Waals surface area (Å²) in [6.45, 7) is 19.2. The highest BCUT2D eigenvalue weighted by Gasteiger charge is 2.43. The van der Waals surface area contributed by atoms with Gasteiger partial charge in [-0.3, -0.25) is 24.5 Å². The van der Waals surface area contributed by atoms with Crippen LogP contribution in [0.4, 0.5) is 11.4 Å². The van der Waals surface area contributed by atoms with Crippen molar-refractivity contribution in [2.45, 2.75) is 194 Å². The molecule has 69 heavy (non-hydrogen) atoms. The first-order valence-corrected chi connectivity index (χ1v) is 24.0. The summed E-state index contributed by atoms with van der Waals surface area (Å²) in [5.41, 5.74) is 0.186. The van der Waals surface area contributed by atoms with E-state index in [-0.39, 0.29) is 65.7 Å². The third kappa shape index (κ3) is 18.1. The predicted octanol–water partition coefficient (Wildman–Crippen LogP) is 9.18. The number of rotatable bonds is 17. The summed E-state index contributed by atoms with van der Waals surface area (Å²) in [4.78, 5) is 106. The van der Waals surface area contributed by atoms with Crippen molar-refractivity contribution >= 4 is 47.6 Å². The minimum atomic E-state index is -0.883. The highest BCUT2D eigenvalue weighted by molar-refractivity contribution is 6.04. The van der Waals surface area contributed by atoms with Crippen molar-refractivity contribution in [3.8, 4) is 11.5 Å². The highest BCUT2D eigenvalue weighted by Crippen LogP contribution is 2.41. The van der Waals surface area contributed by atoms with Crippen LogP contribution in [0.1, 0.15) is 179 Å². The van der Waals surface area contributed by atoms with Crippen LogP contribution in [-0.4, -0.2) is 107 Å². The molecule has 2 aromatic carbocycles. The van der Waals surface area contributed by atoms with E-state index < -0.39 is 16.1 Å². The molecule has 3 aliphatic rings. The van der Waals surface area contributed by atoms with Crippen LogP contribution in [0.2, 0.25) is 0 Å². The van der Waals surface area contributed by atoms with Gasteiger partial charge in [0, 0.05) is 61.6 Å². The molecule has 1 heterocycles. The van der Waals surface area contributed by atoms with Crippen LogP contribution in [0.5, 0.6) is 11.5 Å². The fourth-order valence-corrected chi connectivity index (χ4v) is 8.79. The Kier molecular flexibility index (Phi) is 27.5.